The maximum absolute atomic E-state index is 9.80. The molecule has 3 nitrogen and oxygen atoms in total. The minimum Gasteiger partial charge on any atom is -0.380 e. The molecule has 0 spiro atoms. The summed E-state index contributed by atoms with van der Waals surface area (Å²) >= 11 is 0. The standard InChI is InChI=1S/C8H12O3/c1-2-8(9)4-3-6-5-10-7(8)11-6/h2,6-7,9H,1,3-5H2/t6-,7-,8-/m0/s1. The Kier molecular flexibility index (Phi) is 1.52. The summed E-state index contributed by atoms with van der Waals surface area (Å²) in [4.78, 5) is 0. The normalized spacial score (nSPS) is 49.2. The first-order chi connectivity index (χ1) is 5.24. The molecule has 0 saturated carbocycles. The van der Waals surface area contributed by atoms with Gasteiger partial charge in [-0.3, -0.25) is 0 Å². The fraction of sp³-hybridized carbons (Fsp3) is 0.750. The highest BCUT2D eigenvalue weighted by Gasteiger charge is 2.46. The summed E-state index contributed by atoms with van der Waals surface area (Å²) in [5, 5.41) is 9.80. The van der Waals surface area contributed by atoms with Gasteiger partial charge in [0.05, 0.1) is 12.7 Å². The van der Waals surface area contributed by atoms with Crippen LogP contribution in [0, 0.1) is 0 Å². The van der Waals surface area contributed by atoms with Crippen molar-refractivity contribution in [2.75, 3.05) is 6.61 Å². The molecule has 0 aromatic carbocycles. The quantitative estimate of drug-likeness (QED) is 0.560. The summed E-state index contributed by atoms with van der Waals surface area (Å²) in [6, 6.07) is 0. The highest BCUT2D eigenvalue weighted by atomic mass is 16.7. The zero-order valence-corrected chi connectivity index (χ0v) is 6.32. The van der Waals surface area contributed by atoms with E-state index in [1.54, 1.807) is 0 Å². The van der Waals surface area contributed by atoms with Crippen LogP contribution in [0.4, 0.5) is 0 Å². The Hall–Kier alpha value is -0.380. The van der Waals surface area contributed by atoms with Gasteiger partial charge < -0.3 is 14.6 Å². The maximum Gasteiger partial charge on any atom is 0.190 e. The van der Waals surface area contributed by atoms with E-state index in [9.17, 15) is 5.11 Å². The van der Waals surface area contributed by atoms with Gasteiger partial charge in [-0.05, 0) is 12.8 Å². The second-order valence-corrected chi connectivity index (χ2v) is 3.16. The van der Waals surface area contributed by atoms with Gasteiger partial charge in [0, 0.05) is 0 Å². The van der Waals surface area contributed by atoms with E-state index in [4.69, 9.17) is 9.47 Å². The molecule has 11 heavy (non-hydrogen) atoms. The number of hydrogen-bond donors (Lipinski definition) is 1. The predicted molar refractivity (Wildman–Crippen MR) is 39.0 cm³/mol. The Morgan fingerprint density at radius 3 is 3.18 bits per heavy atom. The highest BCUT2D eigenvalue weighted by Crippen LogP contribution is 2.35. The molecule has 3 heteroatoms. The molecule has 1 N–H and O–H groups in total. The highest BCUT2D eigenvalue weighted by molar-refractivity contribution is 5.03. The Balaban J connectivity index is 2.18. The Morgan fingerprint density at radius 1 is 1.64 bits per heavy atom. The van der Waals surface area contributed by atoms with E-state index in [0.717, 1.165) is 6.42 Å². The number of fused-ring (bicyclic) bond motifs is 2. The van der Waals surface area contributed by atoms with Crippen molar-refractivity contribution in [3.8, 4) is 0 Å². The second kappa shape index (κ2) is 2.30. The van der Waals surface area contributed by atoms with Crippen molar-refractivity contribution in [2.45, 2.75) is 30.8 Å². The third-order valence-corrected chi connectivity index (χ3v) is 2.38. The summed E-state index contributed by atoms with van der Waals surface area (Å²) < 4.78 is 10.6. The molecule has 2 aliphatic rings. The minimum atomic E-state index is -0.951. The molecule has 0 aliphatic carbocycles. The van der Waals surface area contributed by atoms with E-state index in [1.807, 2.05) is 0 Å². The Labute approximate surface area is 65.6 Å². The van der Waals surface area contributed by atoms with Gasteiger partial charge >= 0.3 is 0 Å². The summed E-state index contributed by atoms with van der Waals surface area (Å²) in [5.74, 6) is 0. The predicted octanol–water partition coefficient (Wildman–Crippen LogP) is 0.439. The van der Waals surface area contributed by atoms with Crippen molar-refractivity contribution in [1.29, 1.82) is 0 Å². The van der Waals surface area contributed by atoms with Gasteiger partial charge in [0.25, 0.3) is 0 Å². The van der Waals surface area contributed by atoms with Crippen LogP contribution in [0.1, 0.15) is 12.8 Å². The number of aliphatic hydroxyl groups is 1. The van der Waals surface area contributed by atoms with Crippen molar-refractivity contribution in [3.63, 3.8) is 0 Å². The molecule has 0 aromatic heterocycles. The van der Waals surface area contributed by atoms with Crippen LogP contribution in [-0.2, 0) is 9.47 Å². The molecule has 0 unspecified atom stereocenters. The van der Waals surface area contributed by atoms with E-state index < -0.39 is 11.9 Å². The molecular formula is C8H12O3. The van der Waals surface area contributed by atoms with E-state index in [-0.39, 0.29) is 6.10 Å². The lowest BCUT2D eigenvalue weighted by Gasteiger charge is -2.33. The van der Waals surface area contributed by atoms with Crippen molar-refractivity contribution >= 4 is 0 Å². The van der Waals surface area contributed by atoms with E-state index in [0.29, 0.717) is 13.0 Å². The first kappa shape index (κ1) is 7.28. The van der Waals surface area contributed by atoms with Gasteiger partial charge in [0.1, 0.15) is 5.60 Å². The molecule has 62 valence electrons. The molecule has 0 aromatic rings. The first-order valence-corrected chi connectivity index (χ1v) is 3.88. The molecule has 0 amide bonds. The van der Waals surface area contributed by atoms with Crippen LogP contribution in [0.5, 0.6) is 0 Å². The van der Waals surface area contributed by atoms with Crippen LogP contribution < -0.4 is 0 Å². The second-order valence-electron chi connectivity index (χ2n) is 3.16. The van der Waals surface area contributed by atoms with Crippen LogP contribution >= 0.6 is 0 Å². The largest absolute Gasteiger partial charge is 0.380 e. The molecular weight excluding hydrogens is 144 g/mol. The summed E-state index contributed by atoms with van der Waals surface area (Å²) in [6.07, 6.45) is 2.79. The van der Waals surface area contributed by atoms with Crippen molar-refractivity contribution in [3.05, 3.63) is 12.7 Å². The first-order valence-electron chi connectivity index (χ1n) is 3.88. The van der Waals surface area contributed by atoms with Gasteiger partial charge in [-0.25, -0.2) is 0 Å². The zero-order chi connectivity index (χ0) is 7.90. The van der Waals surface area contributed by atoms with Crippen molar-refractivity contribution < 1.29 is 14.6 Å². The Bertz CT molecular complexity index is 180. The molecule has 2 heterocycles. The fourth-order valence-corrected chi connectivity index (χ4v) is 1.57. The van der Waals surface area contributed by atoms with Crippen LogP contribution in [-0.4, -0.2) is 29.7 Å². The lowest BCUT2D eigenvalue weighted by Crippen LogP contribution is -2.44. The molecule has 2 aliphatic heterocycles. The van der Waals surface area contributed by atoms with Crippen molar-refractivity contribution in [2.24, 2.45) is 0 Å². The average molecular weight is 156 g/mol. The van der Waals surface area contributed by atoms with E-state index in [2.05, 4.69) is 6.58 Å². The topological polar surface area (TPSA) is 38.7 Å². The molecule has 0 radical (unpaired) electrons. The maximum atomic E-state index is 9.80. The fourth-order valence-electron chi connectivity index (χ4n) is 1.57. The molecule has 3 atom stereocenters. The number of rotatable bonds is 1. The number of ether oxygens (including phenoxy) is 2. The van der Waals surface area contributed by atoms with Gasteiger partial charge in [-0.15, -0.1) is 6.58 Å². The minimum absolute atomic E-state index is 0.195. The summed E-state index contributed by atoms with van der Waals surface area (Å²) in [6.45, 7) is 4.17. The molecule has 2 rings (SSSR count). The summed E-state index contributed by atoms with van der Waals surface area (Å²) in [7, 11) is 0. The van der Waals surface area contributed by atoms with Crippen LogP contribution in [0.3, 0.4) is 0 Å². The zero-order valence-electron chi connectivity index (χ0n) is 6.32. The lowest BCUT2D eigenvalue weighted by atomic mass is 9.94. The van der Waals surface area contributed by atoms with Gasteiger partial charge in [-0.2, -0.15) is 0 Å². The van der Waals surface area contributed by atoms with Crippen LogP contribution in [0.25, 0.3) is 0 Å². The smallest absolute Gasteiger partial charge is 0.190 e. The third-order valence-electron chi connectivity index (χ3n) is 2.38. The van der Waals surface area contributed by atoms with E-state index >= 15 is 0 Å². The van der Waals surface area contributed by atoms with Gasteiger partial charge in [0.15, 0.2) is 6.29 Å². The molecule has 2 fully saturated rings. The number of hydrogen-bond acceptors (Lipinski definition) is 3. The summed E-state index contributed by atoms with van der Waals surface area (Å²) in [5.41, 5.74) is -0.951. The lowest BCUT2D eigenvalue weighted by molar-refractivity contribution is -0.189. The Morgan fingerprint density at radius 2 is 2.45 bits per heavy atom. The molecule has 2 bridgehead atoms. The SMILES string of the molecule is C=C[C@]1(O)CC[C@H]2CO[C@H]1O2. The monoisotopic (exact) mass is 156 g/mol. The average Bonchev–Trinajstić information content (AvgIpc) is 2.44. The van der Waals surface area contributed by atoms with Crippen LogP contribution in [0.15, 0.2) is 12.7 Å². The van der Waals surface area contributed by atoms with E-state index in [1.165, 1.54) is 6.08 Å². The van der Waals surface area contributed by atoms with Crippen LogP contribution in [0.2, 0.25) is 0 Å². The molecule has 2 saturated heterocycles. The van der Waals surface area contributed by atoms with Crippen molar-refractivity contribution in [1.82, 2.24) is 0 Å². The third kappa shape index (κ3) is 1.00. The van der Waals surface area contributed by atoms with Gasteiger partial charge in [0.2, 0.25) is 0 Å². The van der Waals surface area contributed by atoms with Gasteiger partial charge in [-0.1, -0.05) is 6.08 Å².